The topological polar surface area (TPSA) is 132 Å². The number of nitrogens with zero attached hydrogens (tertiary/aromatic N) is 4. The standard InChI is InChI=1S/C27H33N5O7/c1-29-17-24(33)31-22(14-25(34)35)26(36)30(13-12-18-4-8-20(38-2)9-5-18)16-23(31)32(29)27(37)28-15-19-6-10-21(39-3)11-7-19/h4-11,22-23H,12-17H2,1-3H3,(H,28,37)(H,34,35)/t22-,23-/m0/s1. The Balaban J connectivity index is 1.54. The Morgan fingerprint density at radius 1 is 0.974 bits per heavy atom. The van der Waals surface area contributed by atoms with Crippen molar-refractivity contribution in [1.29, 1.82) is 0 Å². The van der Waals surface area contributed by atoms with Crippen molar-refractivity contribution < 1.29 is 33.8 Å². The van der Waals surface area contributed by atoms with E-state index in [-0.39, 0.29) is 19.6 Å². The van der Waals surface area contributed by atoms with Crippen LogP contribution in [0.3, 0.4) is 0 Å². The molecule has 2 N–H and O–H groups in total. The van der Waals surface area contributed by atoms with E-state index >= 15 is 0 Å². The summed E-state index contributed by atoms with van der Waals surface area (Å²) in [7, 11) is 4.77. The number of fused-ring (bicyclic) bond motifs is 1. The molecular weight excluding hydrogens is 506 g/mol. The number of ether oxygens (including phenoxy) is 2. The number of hydrogen-bond donors (Lipinski definition) is 2. The van der Waals surface area contributed by atoms with Crippen LogP contribution in [0.25, 0.3) is 0 Å². The van der Waals surface area contributed by atoms with Gasteiger partial charge in [0.1, 0.15) is 23.7 Å². The first-order valence-electron chi connectivity index (χ1n) is 12.6. The molecule has 12 nitrogen and oxygen atoms in total. The van der Waals surface area contributed by atoms with Gasteiger partial charge in [-0.2, -0.15) is 0 Å². The number of aliphatic carboxylic acids is 1. The second kappa shape index (κ2) is 12.0. The van der Waals surface area contributed by atoms with Crippen LogP contribution in [0.15, 0.2) is 48.5 Å². The molecule has 208 valence electrons. The van der Waals surface area contributed by atoms with E-state index in [1.807, 2.05) is 36.4 Å². The van der Waals surface area contributed by atoms with Gasteiger partial charge in [0, 0.05) is 20.1 Å². The number of rotatable bonds is 9. The SMILES string of the molecule is COc1ccc(CCN2C[C@H]3N(C(=O)CN(C)N3C(=O)NCc3ccc(OC)cc3)[C@@H](CC(=O)O)C2=O)cc1. The third-order valence-electron chi connectivity index (χ3n) is 6.95. The van der Waals surface area contributed by atoms with Crippen LogP contribution in [0.1, 0.15) is 17.5 Å². The van der Waals surface area contributed by atoms with Crippen molar-refractivity contribution in [3.8, 4) is 11.5 Å². The first kappa shape index (κ1) is 27.7. The number of methoxy groups -OCH3 is 2. The zero-order valence-corrected chi connectivity index (χ0v) is 22.2. The van der Waals surface area contributed by atoms with Crippen LogP contribution in [-0.4, -0.2) is 102 Å². The molecule has 0 bridgehead atoms. The molecule has 4 rings (SSSR count). The number of hydrazine groups is 1. The molecule has 12 heteroatoms. The third-order valence-corrected chi connectivity index (χ3v) is 6.95. The number of benzene rings is 2. The van der Waals surface area contributed by atoms with Crippen molar-refractivity contribution >= 4 is 23.8 Å². The van der Waals surface area contributed by atoms with Gasteiger partial charge in [0.2, 0.25) is 11.8 Å². The molecule has 4 amide bonds. The van der Waals surface area contributed by atoms with Crippen LogP contribution in [0.2, 0.25) is 0 Å². The quantitative estimate of drug-likeness (QED) is 0.485. The fourth-order valence-electron chi connectivity index (χ4n) is 4.93. The van der Waals surface area contributed by atoms with Crippen molar-refractivity contribution in [1.82, 2.24) is 25.1 Å². The van der Waals surface area contributed by atoms with Crippen LogP contribution in [0.4, 0.5) is 4.79 Å². The number of amides is 4. The fourth-order valence-corrected chi connectivity index (χ4v) is 4.93. The summed E-state index contributed by atoms with van der Waals surface area (Å²) in [6, 6.07) is 13.0. The molecule has 0 aliphatic carbocycles. The highest BCUT2D eigenvalue weighted by molar-refractivity contribution is 5.93. The Labute approximate surface area is 226 Å². The van der Waals surface area contributed by atoms with Gasteiger partial charge in [-0.15, -0.1) is 0 Å². The van der Waals surface area contributed by atoms with Crippen molar-refractivity contribution in [3.63, 3.8) is 0 Å². The van der Waals surface area contributed by atoms with Gasteiger partial charge in [-0.25, -0.2) is 14.8 Å². The molecule has 2 aliphatic rings. The van der Waals surface area contributed by atoms with Crippen molar-refractivity contribution in [3.05, 3.63) is 59.7 Å². The summed E-state index contributed by atoms with van der Waals surface area (Å²) >= 11 is 0. The van der Waals surface area contributed by atoms with Gasteiger partial charge < -0.3 is 29.7 Å². The maximum absolute atomic E-state index is 13.4. The molecule has 2 heterocycles. The van der Waals surface area contributed by atoms with E-state index in [9.17, 15) is 24.3 Å². The highest BCUT2D eigenvalue weighted by atomic mass is 16.5. The smallest absolute Gasteiger partial charge is 0.334 e. The second-order valence-corrected chi connectivity index (χ2v) is 9.44. The molecule has 2 fully saturated rings. The lowest BCUT2D eigenvalue weighted by molar-refractivity contribution is -0.188. The van der Waals surface area contributed by atoms with Crippen LogP contribution in [0.5, 0.6) is 11.5 Å². The third kappa shape index (κ3) is 6.23. The number of piperazine rings is 1. The fraction of sp³-hybridized carbons (Fsp3) is 0.407. The summed E-state index contributed by atoms with van der Waals surface area (Å²) < 4.78 is 10.4. The van der Waals surface area contributed by atoms with Crippen molar-refractivity contribution in [2.24, 2.45) is 0 Å². The number of likely N-dealkylation sites (N-methyl/N-ethyl adjacent to an activating group) is 1. The highest BCUT2D eigenvalue weighted by Crippen LogP contribution is 2.28. The van der Waals surface area contributed by atoms with Crippen LogP contribution < -0.4 is 14.8 Å². The molecule has 39 heavy (non-hydrogen) atoms. The van der Waals surface area contributed by atoms with Gasteiger partial charge in [0.25, 0.3) is 0 Å². The summed E-state index contributed by atoms with van der Waals surface area (Å²) in [4.78, 5) is 54.4. The number of carboxylic acids is 1. The number of nitrogens with one attached hydrogen (secondary N) is 1. The minimum Gasteiger partial charge on any atom is -0.497 e. The summed E-state index contributed by atoms with van der Waals surface area (Å²) in [5, 5.41) is 15.3. The minimum atomic E-state index is -1.21. The van der Waals surface area contributed by atoms with E-state index in [4.69, 9.17) is 9.47 Å². The van der Waals surface area contributed by atoms with Crippen LogP contribution in [0, 0.1) is 0 Å². The Kier molecular flexibility index (Phi) is 8.55. The van der Waals surface area contributed by atoms with Gasteiger partial charge in [-0.05, 0) is 41.8 Å². The van der Waals surface area contributed by atoms with Gasteiger partial charge in [0.15, 0.2) is 0 Å². The number of carboxylic acid groups (broad SMARTS) is 1. The van der Waals surface area contributed by atoms with Crippen molar-refractivity contribution in [2.45, 2.75) is 31.6 Å². The minimum absolute atomic E-state index is 0.0527. The van der Waals surface area contributed by atoms with E-state index in [0.29, 0.717) is 24.5 Å². The van der Waals surface area contributed by atoms with E-state index in [0.717, 1.165) is 11.1 Å². The Morgan fingerprint density at radius 3 is 2.13 bits per heavy atom. The average molecular weight is 540 g/mol. The number of urea groups is 1. The Morgan fingerprint density at radius 2 is 1.56 bits per heavy atom. The lowest BCUT2D eigenvalue weighted by atomic mass is 10.0. The zero-order valence-electron chi connectivity index (χ0n) is 22.2. The van der Waals surface area contributed by atoms with E-state index in [1.54, 1.807) is 33.4 Å². The summed E-state index contributed by atoms with van der Waals surface area (Å²) in [5.41, 5.74) is 1.81. The highest BCUT2D eigenvalue weighted by Gasteiger charge is 2.51. The van der Waals surface area contributed by atoms with E-state index < -0.39 is 42.4 Å². The lowest BCUT2D eigenvalue weighted by Crippen LogP contribution is -2.76. The summed E-state index contributed by atoms with van der Waals surface area (Å²) in [5.74, 6) is -0.646. The molecule has 2 aliphatic heterocycles. The number of carbonyl (C=O) groups is 4. The molecule has 0 saturated carbocycles. The molecular formula is C27H33N5O7. The molecule has 2 saturated heterocycles. The molecule has 2 aromatic carbocycles. The van der Waals surface area contributed by atoms with E-state index in [2.05, 4.69) is 5.32 Å². The molecule has 0 aromatic heterocycles. The van der Waals surface area contributed by atoms with Crippen LogP contribution >= 0.6 is 0 Å². The lowest BCUT2D eigenvalue weighted by Gasteiger charge is -2.54. The molecule has 2 atom stereocenters. The summed E-state index contributed by atoms with van der Waals surface area (Å²) in [6.45, 7) is 0.413. The van der Waals surface area contributed by atoms with Gasteiger partial charge >= 0.3 is 12.0 Å². The first-order valence-corrected chi connectivity index (χ1v) is 12.6. The van der Waals surface area contributed by atoms with Crippen molar-refractivity contribution in [2.75, 3.05) is 40.9 Å². The maximum atomic E-state index is 13.4. The largest absolute Gasteiger partial charge is 0.497 e. The first-order chi connectivity index (χ1) is 18.7. The second-order valence-electron chi connectivity index (χ2n) is 9.44. The maximum Gasteiger partial charge on any atom is 0.334 e. The Hall–Kier alpha value is -4.32. The van der Waals surface area contributed by atoms with E-state index in [1.165, 1.54) is 19.8 Å². The average Bonchev–Trinajstić information content (AvgIpc) is 2.92. The molecule has 0 unspecified atom stereocenters. The predicted octanol–water partition coefficient (Wildman–Crippen LogP) is 1.16. The molecule has 2 aromatic rings. The number of carbonyl (C=O) groups excluding carboxylic acids is 3. The van der Waals surface area contributed by atoms with Gasteiger partial charge in [0.05, 0.1) is 33.7 Å². The Bertz CT molecular complexity index is 1200. The van der Waals surface area contributed by atoms with Gasteiger partial charge in [-0.1, -0.05) is 24.3 Å². The van der Waals surface area contributed by atoms with Gasteiger partial charge in [-0.3, -0.25) is 14.4 Å². The van der Waals surface area contributed by atoms with Crippen LogP contribution in [-0.2, 0) is 27.3 Å². The summed E-state index contributed by atoms with van der Waals surface area (Å²) in [6.07, 6.45) is -0.897. The number of hydrogen-bond acceptors (Lipinski definition) is 7. The molecule has 0 radical (unpaired) electrons. The monoisotopic (exact) mass is 539 g/mol. The molecule has 0 spiro atoms. The normalized spacial score (nSPS) is 19.5. The predicted molar refractivity (Wildman–Crippen MR) is 140 cm³/mol. The zero-order chi connectivity index (χ0) is 28.1.